The number of hydrogen-bond donors (Lipinski definition) is 1. The molecule has 1 N–H and O–H groups in total. The Hall–Kier alpha value is -2.28. The van der Waals surface area contributed by atoms with E-state index in [1.165, 1.54) is 0 Å². The van der Waals surface area contributed by atoms with Gasteiger partial charge in [0.15, 0.2) is 11.5 Å². The average Bonchev–Trinajstić information content (AvgIpc) is 3.32. The van der Waals surface area contributed by atoms with Gasteiger partial charge in [-0.25, -0.2) is 4.68 Å². The highest BCUT2D eigenvalue weighted by Gasteiger charge is 2.27. The standard InChI is InChI=1S/C19H19ClN4O2.ClH/c1-13-12-21-8-9-23(13)19(25)16-11-17(18-3-2-10-26-18)24(22-16)15-6-4-14(20)5-7-15;/h2-7,10-11,13,21H,8-9,12H2,1H3;1H. The molecule has 0 spiro atoms. The predicted octanol–water partition coefficient (Wildman–Crippen LogP) is 3.64. The first-order valence-electron chi connectivity index (χ1n) is 8.55. The number of furan rings is 1. The average molecular weight is 407 g/mol. The van der Waals surface area contributed by atoms with E-state index in [0.717, 1.165) is 24.5 Å². The third-order valence-electron chi connectivity index (χ3n) is 4.54. The van der Waals surface area contributed by atoms with E-state index in [4.69, 9.17) is 16.0 Å². The Labute approximate surface area is 168 Å². The zero-order valence-electron chi connectivity index (χ0n) is 14.8. The van der Waals surface area contributed by atoms with Gasteiger partial charge in [0.2, 0.25) is 0 Å². The number of hydrogen-bond acceptors (Lipinski definition) is 4. The van der Waals surface area contributed by atoms with E-state index in [0.29, 0.717) is 23.0 Å². The zero-order chi connectivity index (χ0) is 18.1. The quantitative estimate of drug-likeness (QED) is 0.720. The second-order valence-corrected chi connectivity index (χ2v) is 6.77. The van der Waals surface area contributed by atoms with Crippen molar-refractivity contribution in [1.82, 2.24) is 20.0 Å². The minimum atomic E-state index is -0.0699. The van der Waals surface area contributed by atoms with E-state index >= 15 is 0 Å². The Morgan fingerprint density at radius 2 is 2.07 bits per heavy atom. The summed E-state index contributed by atoms with van der Waals surface area (Å²) in [5, 5.41) is 8.52. The van der Waals surface area contributed by atoms with Crippen molar-refractivity contribution >= 4 is 29.9 Å². The number of nitrogens with one attached hydrogen (secondary N) is 1. The van der Waals surface area contributed by atoms with Gasteiger partial charge in [-0.1, -0.05) is 11.6 Å². The molecule has 1 aliphatic heterocycles. The van der Waals surface area contributed by atoms with Gasteiger partial charge >= 0.3 is 0 Å². The van der Waals surface area contributed by atoms with Crippen LogP contribution in [0, 0.1) is 0 Å². The summed E-state index contributed by atoms with van der Waals surface area (Å²) >= 11 is 6.00. The highest BCUT2D eigenvalue weighted by atomic mass is 35.5. The van der Waals surface area contributed by atoms with E-state index < -0.39 is 0 Å². The molecule has 27 heavy (non-hydrogen) atoms. The van der Waals surface area contributed by atoms with Crippen molar-refractivity contribution in [2.75, 3.05) is 19.6 Å². The van der Waals surface area contributed by atoms with Crippen LogP contribution < -0.4 is 5.32 Å². The van der Waals surface area contributed by atoms with E-state index in [2.05, 4.69) is 10.4 Å². The second kappa shape index (κ2) is 8.17. The molecule has 0 saturated carbocycles. The van der Waals surface area contributed by atoms with Gasteiger partial charge in [0, 0.05) is 36.8 Å². The molecule has 2 aromatic heterocycles. The van der Waals surface area contributed by atoms with Gasteiger partial charge in [-0.15, -0.1) is 12.4 Å². The summed E-state index contributed by atoms with van der Waals surface area (Å²) in [4.78, 5) is 14.9. The molecule has 0 aliphatic carbocycles. The van der Waals surface area contributed by atoms with Crippen molar-refractivity contribution in [2.45, 2.75) is 13.0 Å². The summed E-state index contributed by atoms with van der Waals surface area (Å²) in [6, 6.07) is 12.9. The molecule has 8 heteroatoms. The number of nitrogens with zero attached hydrogens (tertiary/aromatic N) is 3. The molecule has 1 saturated heterocycles. The first-order valence-corrected chi connectivity index (χ1v) is 8.93. The topological polar surface area (TPSA) is 63.3 Å². The summed E-state index contributed by atoms with van der Waals surface area (Å²) in [6.45, 7) is 4.28. The zero-order valence-corrected chi connectivity index (χ0v) is 16.3. The molecule has 1 aromatic carbocycles. The Bertz CT molecular complexity index is 906. The second-order valence-electron chi connectivity index (χ2n) is 6.33. The van der Waals surface area contributed by atoms with E-state index in [1.54, 1.807) is 29.1 Å². The molecular weight excluding hydrogens is 387 g/mol. The van der Waals surface area contributed by atoms with Crippen molar-refractivity contribution in [3.63, 3.8) is 0 Å². The smallest absolute Gasteiger partial charge is 0.274 e. The Morgan fingerprint density at radius 1 is 1.30 bits per heavy atom. The van der Waals surface area contributed by atoms with Crippen molar-refractivity contribution in [1.29, 1.82) is 0 Å². The summed E-state index contributed by atoms with van der Waals surface area (Å²) in [5.41, 5.74) is 1.94. The van der Waals surface area contributed by atoms with Gasteiger partial charge in [0.05, 0.1) is 12.0 Å². The SMILES string of the molecule is CC1CNCCN1C(=O)c1cc(-c2ccco2)n(-c2ccc(Cl)cc2)n1.Cl. The largest absolute Gasteiger partial charge is 0.463 e. The summed E-state index contributed by atoms with van der Waals surface area (Å²) in [6.07, 6.45) is 1.61. The van der Waals surface area contributed by atoms with Crippen LogP contribution in [0.3, 0.4) is 0 Å². The van der Waals surface area contributed by atoms with Crippen molar-refractivity contribution < 1.29 is 9.21 Å². The predicted molar refractivity (Wildman–Crippen MR) is 107 cm³/mol. The fraction of sp³-hybridized carbons (Fsp3) is 0.263. The van der Waals surface area contributed by atoms with Gasteiger partial charge in [-0.2, -0.15) is 5.10 Å². The van der Waals surface area contributed by atoms with Crippen molar-refractivity contribution in [3.05, 3.63) is 59.4 Å². The molecule has 0 bridgehead atoms. The monoisotopic (exact) mass is 406 g/mol. The minimum absolute atomic E-state index is 0. The van der Waals surface area contributed by atoms with Gasteiger partial charge in [0.25, 0.3) is 5.91 Å². The molecular formula is C19H20Cl2N4O2. The highest BCUT2D eigenvalue weighted by Crippen LogP contribution is 2.26. The summed E-state index contributed by atoms with van der Waals surface area (Å²) in [7, 11) is 0. The van der Waals surface area contributed by atoms with Gasteiger partial charge in [-0.05, 0) is 43.3 Å². The molecule has 1 atom stereocenters. The minimum Gasteiger partial charge on any atom is -0.463 e. The lowest BCUT2D eigenvalue weighted by molar-refractivity contribution is 0.0649. The molecule has 142 valence electrons. The lowest BCUT2D eigenvalue weighted by Crippen LogP contribution is -2.52. The highest BCUT2D eigenvalue weighted by molar-refractivity contribution is 6.30. The van der Waals surface area contributed by atoms with Crippen LogP contribution in [0.4, 0.5) is 0 Å². The molecule has 0 radical (unpaired) electrons. The Morgan fingerprint density at radius 3 is 2.74 bits per heavy atom. The van der Waals surface area contributed by atoms with E-state index in [-0.39, 0.29) is 24.4 Å². The first-order chi connectivity index (χ1) is 12.6. The van der Waals surface area contributed by atoms with Crippen LogP contribution in [0.1, 0.15) is 17.4 Å². The molecule has 4 rings (SSSR count). The number of aromatic nitrogens is 2. The lowest BCUT2D eigenvalue weighted by atomic mass is 10.2. The van der Waals surface area contributed by atoms with Crippen LogP contribution >= 0.6 is 24.0 Å². The maximum absolute atomic E-state index is 13.0. The molecule has 1 amide bonds. The van der Waals surface area contributed by atoms with Gasteiger partial charge < -0.3 is 14.6 Å². The molecule has 1 unspecified atom stereocenters. The molecule has 6 nitrogen and oxygen atoms in total. The summed E-state index contributed by atoms with van der Waals surface area (Å²) < 4.78 is 7.26. The first kappa shape index (κ1) is 19.5. The molecule has 1 fully saturated rings. The number of halogens is 2. The van der Waals surface area contributed by atoms with Crippen LogP contribution in [0.15, 0.2) is 53.1 Å². The van der Waals surface area contributed by atoms with Crippen molar-refractivity contribution in [3.8, 4) is 17.1 Å². The number of piperazine rings is 1. The number of carbonyl (C=O) groups is 1. The Balaban J connectivity index is 0.00000210. The fourth-order valence-electron chi connectivity index (χ4n) is 3.15. The van der Waals surface area contributed by atoms with Crippen LogP contribution in [0.2, 0.25) is 5.02 Å². The fourth-order valence-corrected chi connectivity index (χ4v) is 3.28. The number of amides is 1. The summed E-state index contributed by atoms with van der Waals surface area (Å²) in [5.74, 6) is 0.583. The normalized spacial score (nSPS) is 16.8. The van der Waals surface area contributed by atoms with E-state index in [1.807, 2.05) is 36.1 Å². The van der Waals surface area contributed by atoms with Gasteiger partial charge in [-0.3, -0.25) is 4.79 Å². The lowest BCUT2D eigenvalue weighted by Gasteiger charge is -2.33. The molecule has 3 aromatic rings. The number of benzene rings is 1. The number of carbonyl (C=O) groups excluding carboxylic acids is 1. The van der Waals surface area contributed by atoms with Crippen LogP contribution in [-0.2, 0) is 0 Å². The van der Waals surface area contributed by atoms with Crippen LogP contribution in [-0.4, -0.2) is 46.3 Å². The van der Waals surface area contributed by atoms with E-state index in [9.17, 15) is 4.79 Å². The van der Waals surface area contributed by atoms with Crippen LogP contribution in [0.5, 0.6) is 0 Å². The maximum atomic E-state index is 13.0. The molecule has 3 heterocycles. The van der Waals surface area contributed by atoms with Crippen LogP contribution in [0.25, 0.3) is 17.1 Å². The third-order valence-corrected chi connectivity index (χ3v) is 4.79. The number of rotatable bonds is 3. The third kappa shape index (κ3) is 3.88. The Kier molecular flexibility index (Phi) is 5.89. The molecule has 1 aliphatic rings. The van der Waals surface area contributed by atoms with Gasteiger partial charge in [0.1, 0.15) is 5.69 Å². The van der Waals surface area contributed by atoms with Crippen molar-refractivity contribution in [2.24, 2.45) is 0 Å². The maximum Gasteiger partial charge on any atom is 0.274 e.